The Morgan fingerprint density at radius 1 is 1.28 bits per heavy atom. The summed E-state index contributed by atoms with van der Waals surface area (Å²) >= 11 is 0. The van der Waals surface area contributed by atoms with E-state index >= 15 is 0 Å². The molecule has 1 aromatic carbocycles. The molecule has 0 bridgehead atoms. The van der Waals surface area contributed by atoms with Crippen LogP contribution in [0.15, 0.2) is 30.4 Å². The van der Waals surface area contributed by atoms with Crippen LogP contribution in [0, 0.1) is 17.3 Å². The van der Waals surface area contributed by atoms with Gasteiger partial charge in [0.1, 0.15) is 11.5 Å². The molecule has 0 aliphatic heterocycles. The van der Waals surface area contributed by atoms with E-state index in [2.05, 4.69) is 31.7 Å². The molecule has 0 amide bonds. The molecule has 2 fully saturated rings. The smallest absolute Gasteiger partial charge is 0.139 e. The lowest BCUT2D eigenvalue weighted by Crippen LogP contribution is -2.42. The van der Waals surface area contributed by atoms with Crippen molar-refractivity contribution in [1.82, 2.24) is 0 Å². The Kier molecular flexibility index (Phi) is 4.25. The van der Waals surface area contributed by atoms with Gasteiger partial charge in [0.15, 0.2) is 0 Å². The van der Waals surface area contributed by atoms with Crippen LogP contribution in [0.1, 0.15) is 69.4 Å². The van der Waals surface area contributed by atoms with E-state index in [0.29, 0.717) is 30.1 Å². The number of hydrogen-bond donors (Lipinski definition) is 0. The lowest BCUT2D eigenvalue weighted by molar-refractivity contribution is -0.129. The number of Topliss-reactive ketones (excluding diaryl/α,β-unsaturated/α-hetero) is 1. The number of rotatable bonds is 4. The van der Waals surface area contributed by atoms with Crippen molar-refractivity contribution in [3.8, 4) is 5.75 Å². The minimum Gasteiger partial charge on any atom is -0.493 e. The van der Waals surface area contributed by atoms with Crippen LogP contribution in [-0.4, -0.2) is 12.4 Å². The van der Waals surface area contributed by atoms with Gasteiger partial charge in [0.05, 0.1) is 6.61 Å². The van der Waals surface area contributed by atoms with Crippen molar-refractivity contribution in [2.24, 2.45) is 17.3 Å². The average Bonchev–Trinajstić information content (AvgIpc) is 2.89. The topological polar surface area (TPSA) is 26.3 Å². The zero-order chi connectivity index (χ0) is 17.6. The third-order valence-corrected chi connectivity index (χ3v) is 7.20. The molecule has 4 atom stereocenters. The summed E-state index contributed by atoms with van der Waals surface area (Å²) in [6, 6.07) is 6.71. The molecule has 3 aliphatic rings. The van der Waals surface area contributed by atoms with Crippen LogP contribution in [0.25, 0.3) is 0 Å². The molecular formula is C23H30O2. The highest BCUT2D eigenvalue weighted by molar-refractivity contribution is 5.87. The van der Waals surface area contributed by atoms with E-state index in [-0.39, 0.29) is 5.41 Å². The van der Waals surface area contributed by atoms with Gasteiger partial charge in [-0.05, 0) is 80.0 Å². The lowest BCUT2D eigenvalue weighted by Gasteiger charge is -2.48. The first-order valence-corrected chi connectivity index (χ1v) is 9.92. The Bertz CT molecular complexity index is 704. The average molecular weight is 338 g/mol. The Hall–Kier alpha value is -1.57. The van der Waals surface area contributed by atoms with Crippen molar-refractivity contribution < 1.29 is 9.53 Å². The first-order chi connectivity index (χ1) is 12.0. The fraction of sp³-hybridized carbons (Fsp3) is 0.609. The van der Waals surface area contributed by atoms with Gasteiger partial charge >= 0.3 is 0 Å². The zero-order valence-corrected chi connectivity index (χ0v) is 15.6. The van der Waals surface area contributed by atoms with E-state index in [9.17, 15) is 4.79 Å². The summed E-state index contributed by atoms with van der Waals surface area (Å²) in [5, 5.41) is 0. The zero-order valence-electron chi connectivity index (χ0n) is 15.6. The maximum Gasteiger partial charge on any atom is 0.139 e. The molecule has 0 heterocycles. The maximum absolute atomic E-state index is 12.4. The molecule has 0 unspecified atom stereocenters. The van der Waals surface area contributed by atoms with E-state index < -0.39 is 0 Å². The second kappa shape index (κ2) is 6.30. The predicted octanol–water partition coefficient (Wildman–Crippen LogP) is 5.46. The van der Waals surface area contributed by atoms with Crippen molar-refractivity contribution >= 4 is 5.78 Å². The molecule has 134 valence electrons. The van der Waals surface area contributed by atoms with Gasteiger partial charge in [-0.25, -0.2) is 0 Å². The van der Waals surface area contributed by atoms with Gasteiger partial charge in [0, 0.05) is 18.3 Å². The minimum absolute atomic E-state index is 0.0235. The van der Waals surface area contributed by atoms with Crippen LogP contribution in [0.3, 0.4) is 0 Å². The Morgan fingerprint density at radius 3 is 2.92 bits per heavy atom. The van der Waals surface area contributed by atoms with Gasteiger partial charge in [0.2, 0.25) is 0 Å². The molecule has 0 aromatic heterocycles. The summed E-state index contributed by atoms with van der Waals surface area (Å²) in [7, 11) is 0. The van der Waals surface area contributed by atoms with Crippen LogP contribution in [0.5, 0.6) is 5.75 Å². The van der Waals surface area contributed by atoms with Gasteiger partial charge in [0.25, 0.3) is 0 Å². The summed E-state index contributed by atoms with van der Waals surface area (Å²) < 4.78 is 5.91. The second-order valence-corrected chi connectivity index (χ2v) is 8.75. The molecule has 3 aliphatic carbocycles. The Labute approximate surface area is 151 Å². The number of carbonyl (C=O) groups is 1. The fourth-order valence-electron chi connectivity index (χ4n) is 5.76. The van der Waals surface area contributed by atoms with Crippen molar-refractivity contribution in [2.75, 3.05) is 6.61 Å². The number of benzene rings is 1. The lowest BCUT2D eigenvalue weighted by atomic mass is 9.55. The first kappa shape index (κ1) is 16.9. The molecule has 2 heteroatoms. The van der Waals surface area contributed by atoms with Crippen LogP contribution >= 0.6 is 0 Å². The monoisotopic (exact) mass is 338 g/mol. The third-order valence-electron chi connectivity index (χ3n) is 7.20. The van der Waals surface area contributed by atoms with Gasteiger partial charge < -0.3 is 4.74 Å². The van der Waals surface area contributed by atoms with E-state index in [4.69, 9.17) is 4.74 Å². The van der Waals surface area contributed by atoms with Gasteiger partial charge in [-0.2, -0.15) is 0 Å². The van der Waals surface area contributed by atoms with Crippen molar-refractivity contribution in [2.45, 2.75) is 64.7 Å². The number of hydrogen-bond acceptors (Lipinski definition) is 2. The Balaban J connectivity index is 1.53. The minimum atomic E-state index is -0.0235. The Morgan fingerprint density at radius 2 is 2.12 bits per heavy atom. The van der Waals surface area contributed by atoms with Gasteiger partial charge in [-0.3, -0.25) is 4.79 Å². The first-order valence-electron chi connectivity index (χ1n) is 9.92. The van der Waals surface area contributed by atoms with Crippen LogP contribution < -0.4 is 4.74 Å². The van der Waals surface area contributed by atoms with E-state index in [1.807, 2.05) is 6.92 Å². The molecule has 25 heavy (non-hydrogen) atoms. The van der Waals surface area contributed by atoms with E-state index in [1.165, 1.54) is 24.0 Å². The molecule has 0 saturated heterocycles. The summed E-state index contributed by atoms with van der Waals surface area (Å²) in [5.74, 6) is 3.49. The summed E-state index contributed by atoms with van der Waals surface area (Å²) in [6.45, 7) is 8.94. The molecule has 4 rings (SSSR count). The number of ketones is 1. The van der Waals surface area contributed by atoms with Crippen molar-refractivity contribution in [3.05, 3.63) is 41.5 Å². The molecule has 2 nitrogen and oxygen atoms in total. The summed E-state index contributed by atoms with van der Waals surface area (Å²) in [4.78, 5) is 12.4. The van der Waals surface area contributed by atoms with Crippen molar-refractivity contribution in [1.29, 1.82) is 0 Å². The number of carbonyl (C=O) groups excluding carboxylic acids is 1. The number of fused-ring (bicyclic) bond motifs is 5. The molecule has 0 spiro atoms. The van der Waals surface area contributed by atoms with Crippen LogP contribution in [-0.2, 0) is 11.2 Å². The number of aryl methyl sites for hydroxylation is 1. The fourth-order valence-corrected chi connectivity index (χ4v) is 5.76. The normalized spacial score (nSPS) is 33.4. The predicted molar refractivity (Wildman–Crippen MR) is 101 cm³/mol. The maximum atomic E-state index is 12.4. The second-order valence-electron chi connectivity index (χ2n) is 8.75. The van der Waals surface area contributed by atoms with Crippen LogP contribution in [0.4, 0.5) is 0 Å². The van der Waals surface area contributed by atoms with Crippen molar-refractivity contribution in [3.63, 3.8) is 0 Å². The van der Waals surface area contributed by atoms with Crippen LogP contribution in [0.2, 0.25) is 0 Å². The molecular weight excluding hydrogens is 308 g/mol. The third kappa shape index (κ3) is 2.84. The SMILES string of the molecule is C=C(C)CCOc1ccc2c(c1)CC[C@@H]1[C@@H]2CC[C@]2(C)C(=O)CC[C@@H]12. The molecule has 0 radical (unpaired) electrons. The summed E-state index contributed by atoms with van der Waals surface area (Å²) in [5.41, 5.74) is 4.15. The quantitative estimate of drug-likeness (QED) is 0.682. The summed E-state index contributed by atoms with van der Waals surface area (Å²) in [6.07, 6.45) is 7.46. The van der Waals surface area contributed by atoms with E-state index in [1.54, 1.807) is 0 Å². The highest BCUT2D eigenvalue weighted by Gasteiger charge is 2.54. The highest BCUT2D eigenvalue weighted by Crippen LogP contribution is 2.59. The van der Waals surface area contributed by atoms with Gasteiger partial charge in [-0.1, -0.05) is 18.6 Å². The van der Waals surface area contributed by atoms with Gasteiger partial charge in [-0.15, -0.1) is 6.58 Å². The largest absolute Gasteiger partial charge is 0.493 e. The molecule has 0 N–H and O–H groups in total. The molecule has 2 saturated carbocycles. The standard InChI is InChI=1S/C23H30O2/c1-15(2)11-13-25-17-5-7-18-16(14-17)4-6-20-19(18)10-12-23(3)21(20)8-9-22(23)24/h5,7,14,19-21H,1,4,6,8-13H2,2-3H3/t19-,20-,21+,23+/m1/s1. The van der Waals surface area contributed by atoms with E-state index in [0.717, 1.165) is 43.4 Å². The highest BCUT2D eigenvalue weighted by atomic mass is 16.5. The number of ether oxygens (including phenoxy) is 1. The molecule has 1 aromatic rings.